The van der Waals surface area contributed by atoms with Gasteiger partial charge in [-0.25, -0.2) is 15.0 Å². The van der Waals surface area contributed by atoms with Crippen LogP contribution in [-0.2, 0) is 16.1 Å². The fourth-order valence-electron chi connectivity index (χ4n) is 4.69. The Morgan fingerprint density at radius 1 is 1.20 bits per heavy atom. The molecule has 1 aliphatic heterocycles. The maximum Gasteiger partial charge on any atom is 0.236 e. The number of likely N-dealkylation sites (N-methyl/N-ethyl adjacent to an activating group) is 1. The van der Waals surface area contributed by atoms with Crippen molar-refractivity contribution in [3.8, 4) is 0 Å². The van der Waals surface area contributed by atoms with Gasteiger partial charge in [0.2, 0.25) is 5.91 Å². The Morgan fingerprint density at radius 3 is 2.83 bits per heavy atom. The van der Waals surface area contributed by atoms with Gasteiger partial charge in [-0.2, -0.15) is 0 Å². The normalized spacial score (nSPS) is 19.6. The Labute approximate surface area is 205 Å². The summed E-state index contributed by atoms with van der Waals surface area (Å²) in [6.45, 7) is 4.12. The molecule has 1 unspecified atom stereocenters. The summed E-state index contributed by atoms with van der Waals surface area (Å²) < 4.78 is 8.37. The van der Waals surface area contributed by atoms with E-state index in [0.29, 0.717) is 35.9 Å². The number of carbonyl (C=O) groups is 1. The van der Waals surface area contributed by atoms with Gasteiger partial charge in [-0.1, -0.05) is 30.3 Å². The van der Waals surface area contributed by atoms with Gasteiger partial charge in [0.1, 0.15) is 18.1 Å². The van der Waals surface area contributed by atoms with Crippen molar-refractivity contribution in [2.24, 2.45) is 11.7 Å². The first-order valence-corrected chi connectivity index (χ1v) is 12.4. The SMILES string of the molecule is CCNC(=O)C(N)CC[C@H](CNCc1ccccc1)C[C@@H]1CC[C@H](n2cnc3c(N)ncnc32)O1. The third kappa shape index (κ3) is 6.53. The van der Waals surface area contributed by atoms with Crippen LogP contribution in [0.4, 0.5) is 5.82 Å². The van der Waals surface area contributed by atoms with Crippen LogP contribution in [0.5, 0.6) is 0 Å². The first kappa shape index (κ1) is 25.0. The molecule has 0 spiro atoms. The van der Waals surface area contributed by atoms with Gasteiger partial charge >= 0.3 is 0 Å². The second-order valence-electron chi connectivity index (χ2n) is 9.17. The number of fused-ring (bicyclic) bond motifs is 1. The molecule has 0 saturated carbocycles. The van der Waals surface area contributed by atoms with E-state index in [1.54, 1.807) is 6.33 Å². The van der Waals surface area contributed by atoms with Crippen LogP contribution < -0.4 is 22.1 Å². The van der Waals surface area contributed by atoms with Crippen LogP contribution in [0.3, 0.4) is 0 Å². The minimum Gasteiger partial charge on any atom is -0.382 e. The number of carbonyl (C=O) groups excluding carboxylic acids is 1. The highest BCUT2D eigenvalue weighted by atomic mass is 16.5. The molecule has 1 fully saturated rings. The lowest BCUT2D eigenvalue weighted by Gasteiger charge is -2.23. The molecule has 1 aliphatic rings. The van der Waals surface area contributed by atoms with Gasteiger partial charge in [-0.15, -0.1) is 0 Å². The minimum absolute atomic E-state index is 0.0890. The molecule has 3 heterocycles. The summed E-state index contributed by atoms with van der Waals surface area (Å²) in [6.07, 6.45) is 7.37. The van der Waals surface area contributed by atoms with E-state index in [2.05, 4.69) is 37.7 Å². The number of nitrogen functional groups attached to an aromatic ring is 1. The fraction of sp³-hybridized carbons (Fsp3) is 0.520. The van der Waals surface area contributed by atoms with Crippen LogP contribution in [0.1, 0.15) is 50.8 Å². The molecule has 10 nitrogen and oxygen atoms in total. The van der Waals surface area contributed by atoms with Crippen LogP contribution in [-0.4, -0.2) is 50.7 Å². The van der Waals surface area contributed by atoms with E-state index in [9.17, 15) is 4.79 Å². The summed E-state index contributed by atoms with van der Waals surface area (Å²) in [5.41, 5.74) is 14.6. The highest BCUT2D eigenvalue weighted by molar-refractivity contribution is 5.81. The molecule has 10 heteroatoms. The zero-order valence-electron chi connectivity index (χ0n) is 20.3. The average molecular weight is 481 g/mol. The maximum atomic E-state index is 12.1. The lowest BCUT2D eigenvalue weighted by Crippen LogP contribution is -2.41. The number of aromatic nitrogens is 4. The number of nitrogens with zero attached hydrogens (tertiary/aromatic N) is 4. The maximum absolute atomic E-state index is 12.1. The van der Waals surface area contributed by atoms with Crippen LogP contribution in [0, 0.1) is 5.92 Å². The van der Waals surface area contributed by atoms with E-state index in [-0.39, 0.29) is 18.2 Å². The van der Waals surface area contributed by atoms with Gasteiger partial charge in [-0.3, -0.25) is 9.36 Å². The summed E-state index contributed by atoms with van der Waals surface area (Å²) in [6, 6.07) is 9.85. The summed E-state index contributed by atoms with van der Waals surface area (Å²) >= 11 is 0. The van der Waals surface area contributed by atoms with Crippen molar-refractivity contribution in [1.29, 1.82) is 0 Å². The van der Waals surface area contributed by atoms with Crippen LogP contribution in [0.15, 0.2) is 43.0 Å². The first-order chi connectivity index (χ1) is 17.0. The quantitative estimate of drug-likeness (QED) is 0.308. The molecule has 35 heavy (non-hydrogen) atoms. The molecule has 3 aromatic rings. The predicted octanol–water partition coefficient (Wildman–Crippen LogP) is 2.13. The van der Waals surface area contributed by atoms with Gasteiger partial charge in [-0.05, 0) is 57.1 Å². The largest absolute Gasteiger partial charge is 0.382 e. The number of nitrogens with two attached hydrogens (primary N) is 2. The fourth-order valence-corrected chi connectivity index (χ4v) is 4.69. The summed E-state index contributed by atoms with van der Waals surface area (Å²) in [5.74, 6) is 0.616. The Bertz CT molecular complexity index is 1090. The number of imidazole rings is 1. The Hall–Kier alpha value is -3.08. The van der Waals surface area contributed by atoms with E-state index in [4.69, 9.17) is 16.2 Å². The smallest absolute Gasteiger partial charge is 0.236 e. The molecule has 0 bridgehead atoms. The standard InChI is InChI=1S/C25H36N8O2/c1-2-29-25(34)20(26)10-8-18(14-28-13-17-6-4-3-5-7-17)12-19-9-11-21(35-19)33-16-32-22-23(27)30-15-31-24(22)33/h3-7,15-16,18-21,28H,2,8-14,26H2,1H3,(H,29,34)(H2,27,30,31)/t18-,19-,20?,21+/m0/s1. The summed E-state index contributed by atoms with van der Waals surface area (Å²) in [7, 11) is 0. The van der Waals surface area contributed by atoms with E-state index < -0.39 is 6.04 Å². The number of ether oxygens (including phenoxy) is 1. The van der Waals surface area contributed by atoms with E-state index in [1.165, 1.54) is 11.9 Å². The average Bonchev–Trinajstić information content (AvgIpc) is 3.50. The summed E-state index contributed by atoms with van der Waals surface area (Å²) in [5, 5.41) is 6.39. The van der Waals surface area contributed by atoms with Gasteiger partial charge in [0.05, 0.1) is 18.5 Å². The molecule has 6 N–H and O–H groups in total. The van der Waals surface area contributed by atoms with Gasteiger partial charge < -0.3 is 26.8 Å². The first-order valence-electron chi connectivity index (χ1n) is 12.4. The van der Waals surface area contributed by atoms with Crippen molar-refractivity contribution in [2.75, 3.05) is 18.8 Å². The van der Waals surface area contributed by atoms with Crippen molar-refractivity contribution in [2.45, 2.75) is 63.9 Å². The number of hydrogen-bond acceptors (Lipinski definition) is 8. The molecule has 2 aromatic heterocycles. The zero-order chi connectivity index (χ0) is 24.6. The highest BCUT2D eigenvalue weighted by Crippen LogP contribution is 2.34. The predicted molar refractivity (Wildman–Crippen MR) is 135 cm³/mol. The van der Waals surface area contributed by atoms with Crippen molar-refractivity contribution in [3.05, 3.63) is 48.5 Å². The van der Waals surface area contributed by atoms with Crippen LogP contribution >= 0.6 is 0 Å². The number of hydrogen-bond donors (Lipinski definition) is 4. The second-order valence-corrected chi connectivity index (χ2v) is 9.17. The second kappa shape index (κ2) is 12.1. The number of amides is 1. The summed E-state index contributed by atoms with van der Waals surface area (Å²) in [4.78, 5) is 24.8. The van der Waals surface area contributed by atoms with Crippen molar-refractivity contribution < 1.29 is 9.53 Å². The molecule has 1 saturated heterocycles. The van der Waals surface area contributed by atoms with Crippen LogP contribution in [0.2, 0.25) is 0 Å². The molecule has 1 aromatic carbocycles. The van der Waals surface area contributed by atoms with Crippen LogP contribution in [0.25, 0.3) is 11.2 Å². The Balaban J connectivity index is 1.35. The lowest BCUT2D eigenvalue weighted by molar-refractivity contribution is -0.122. The Morgan fingerprint density at radius 2 is 2.03 bits per heavy atom. The van der Waals surface area contributed by atoms with E-state index in [1.807, 2.05) is 29.7 Å². The van der Waals surface area contributed by atoms with Crippen molar-refractivity contribution in [1.82, 2.24) is 30.2 Å². The third-order valence-electron chi connectivity index (χ3n) is 6.56. The molecular weight excluding hydrogens is 444 g/mol. The van der Waals surface area contributed by atoms with Crippen molar-refractivity contribution in [3.63, 3.8) is 0 Å². The molecule has 188 valence electrons. The highest BCUT2D eigenvalue weighted by Gasteiger charge is 2.30. The topological polar surface area (TPSA) is 146 Å². The number of benzene rings is 1. The Kier molecular flexibility index (Phi) is 8.62. The molecule has 0 aliphatic carbocycles. The molecule has 4 rings (SSSR count). The van der Waals surface area contributed by atoms with Gasteiger partial charge in [0, 0.05) is 13.1 Å². The number of anilines is 1. The molecule has 4 atom stereocenters. The monoisotopic (exact) mass is 480 g/mol. The molecule has 1 amide bonds. The van der Waals surface area contributed by atoms with Gasteiger partial charge in [0.25, 0.3) is 0 Å². The van der Waals surface area contributed by atoms with Crippen molar-refractivity contribution >= 4 is 22.9 Å². The molecule has 0 radical (unpaired) electrons. The minimum atomic E-state index is -0.494. The zero-order valence-corrected chi connectivity index (χ0v) is 20.3. The van der Waals surface area contributed by atoms with E-state index in [0.717, 1.165) is 38.8 Å². The third-order valence-corrected chi connectivity index (χ3v) is 6.56. The lowest BCUT2D eigenvalue weighted by atomic mass is 9.93. The number of nitrogens with one attached hydrogen (secondary N) is 2. The van der Waals surface area contributed by atoms with Gasteiger partial charge in [0.15, 0.2) is 11.5 Å². The van der Waals surface area contributed by atoms with E-state index >= 15 is 0 Å². The molecular formula is C25H36N8O2. The number of rotatable bonds is 12.